The van der Waals surface area contributed by atoms with Crippen molar-refractivity contribution in [3.05, 3.63) is 29.6 Å². The van der Waals surface area contributed by atoms with Gasteiger partial charge in [-0.25, -0.2) is 14.7 Å². The van der Waals surface area contributed by atoms with Crippen LogP contribution in [0.3, 0.4) is 0 Å². The van der Waals surface area contributed by atoms with Gasteiger partial charge in [0.05, 0.1) is 24.6 Å². The van der Waals surface area contributed by atoms with Crippen molar-refractivity contribution in [1.29, 1.82) is 0 Å². The van der Waals surface area contributed by atoms with Gasteiger partial charge in [-0.05, 0) is 0 Å². The molecule has 0 unspecified atom stereocenters. The molecule has 0 aromatic carbocycles. The fourth-order valence-corrected chi connectivity index (χ4v) is 0.659. The Hall–Kier alpha value is -1.07. The Labute approximate surface area is 61.8 Å². The summed E-state index contributed by atoms with van der Waals surface area (Å²) in [7, 11) is 0. The van der Waals surface area contributed by atoms with E-state index in [-0.39, 0.29) is 12.2 Å². The summed E-state index contributed by atoms with van der Waals surface area (Å²) in [5.74, 6) is 3.14. The molecular formula is C6H6F2N2O. The van der Waals surface area contributed by atoms with Crippen LogP contribution in [0, 0.1) is 11.6 Å². The van der Waals surface area contributed by atoms with Gasteiger partial charge in [0.1, 0.15) is 11.6 Å². The summed E-state index contributed by atoms with van der Waals surface area (Å²) in [5.41, 5.74) is -0.206. The lowest BCUT2D eigenvalue weighted by molar-refractivity contribution is 0.118. The van der Waals surface area contributed by atoms with Crippen molar-refractivity contribution < 1.29 is 13.6 Å². The van der Waals surface area contributed by atoms with Crippen molar-refractivity contribution in [1.82, 2.24) is 4.98 Å². The van der Waals surface area contributed by atoms with E-state index in [0.717, 1.165) is 12.4 Å². The number of rotatable bonds is 2. The SMILES string of the molecule is NOCc1c(F)cncc1F. The third kappa shape index (κ3) is 1.69. The molecule has 0 saturated heterocycles. The van der Waals surface area contributed by atoms with Crippen molar-refractivity contribution in [3.63, 3.8) is 0 Å². The van der Waals surface area contributed by atoms with Crippen molar-refractivity contribution >= 4 is 0 Å². The molecule has 1 aromatic rings. The van der Waals surface area contributed by atoms with E-state index in [9.17, 15) is 8.78 Å². The van der Waals surface area contributed by atoms with E-state index in [1.165, 1.54) is 0 Å². The van der Waals surface area contributed by atoms with Gasteiger partial charge in [-0.2, -0.15) is 0 Å². The molecule has 11 heavy (non-hydrogen) atoms. The van der Waals surface area contributed by atoms with Crippen LogP contribution >= 0.6 is 0 Å². The molecule has 1 rings (SSSR count). The highest BCUT2D eigenvalue weighted by Crippen LogP contribution is 2.09. The second-order valence-corrected chi connectivity index (χ2v) is 1.89. The van der Waals surface area contributed by atoms with Crippen molar-refractivity contribution in [3.8, 4) is 0 Å². The molecular weight excluding hydrogens is 154 g/mol. The molecule has 0 fully saturated rings. The van der Waals surface area contributed by atoms with E-state index in [1.807, 2.05) is 0 Å². The maximum absolute atomic E-state index is 12.6. The third-order valence-electron chi connectivity index (χ3n) is 1.18. The molecule has 5 heteroatoms. The zero-order chi connectivity index (χ0) is 8.27. The van der Waals surface area contributed by atoms with Crippen LogP contribution in [0.25, 0.3) is 0 Å². The number of aromatic nitrogens is 1. The molecule has 0 radical (unpaired) electrons. The lowest BCUT2D eigenvalue weighted by Gasteiger charge is -2.00. The zero-order valence-electron chi connectivity index (χ0n) is 5.55. The average Bonchev–Trinajstić information content (AvgIpc) is 1.97. The fraction of sp³-hybridized carbons (Fsp3) is 0.167. The van der Waals surface area contributed by atoms with E-state index in [4.69, 9.17) is 0 Å². The molecule has 1 aromatic heterocycles. The zero-order valence-corrected chi connectivity index (χ0v) is 5.55. The summed E-state index contributed by atoms with van der Waals surface area (Å²) in [4.78, 5) is 7.36. The minimum atomic E-state index is -0.754. The summed E-state index contributed by atoms with van der Waals surface area (Å²) >= 11 is 0. The van der Waals surface area contributed by atoms with Gasteiger partial charge in [0.15, 0.2) is 0 Å². The first-order valence-electron chi connectivity index (χ1n) is 2.85. The van der Waals surface area contributed by atoms with Gasteiger partial charge in [0.25, 0.3) is 0 Å². The Balaban J connectivity index is 3.00. The molecule has 0 atom stereocenters. The largest absolute Gasteiger partial charge is 0.300 e. The Morgan fingerprint density at radius 3 is 2.36 bits per heavy atom. The van der Waals surface area contributed by atoms with Gasteiger partial charge < -0.3 is 0 Å². The van der Waals surface area contributed by atoms with E-state index in [1.54, 1.807) is 0 Å². The predicted octanol–water partition coefficient (Wildman–Crippen LogP) is 0.750. The first kappa shape index (κ1) is 8.03. The van der Waals surface area contributed by atoms with Crippen molar-refractivity contribution in [2.45, 2.75) is 6.61 Å². The summed E-state index contributed by atoms with van der Waals surface area (Å²) in [6.07, 6.45) is 1.80. The maximum atomic E-state index is 12.6. The van der Waals surface area contributed by atoms with Crippen LogP contribution in [0.5, 0.6) is 0 Å². The Kier molecular flexibility index (Phi) is 2.45. The minimum Gasteiger partial charge on any atom is -0.300 e. The number of hydrogen-bond donors (Lipinski definition) is 1. The van der Waals surface area contributed by atoms with Gasteiger partial charge in [0, 0.05) is 0 Å². The third-order valence-corrected chi connectivity index (χ3v) is 1.18. The lowest BCUT2D eigenvalue weighted by Crippen LogP contribution is -2.04. The molecule has 0 aliphatic heterocycles. The van der Waals surface area contributed by atoms with Crippen LogP contribution in [0.1, 0.15) is 5.56 Å². The molecule has 60 valence electrons. The second kappa shape index (κ2) is 3.36. The van der Waals surface area contributed by atoms with Crippen LogP contribution in [-0.4, -0.2) is 4.98 Å². The smallest absolute Gasteiger partial charge is 0.150 e. The molecule has 0 aliphatic carbocycles. The number of hydrogen-bond acceptors (Lipinski definition) is 3. The van der Waals surface area contributed by atoms with Crippen LogP contribution < -0.4 is 5.90 Å². The van der Waals surface area contributed by atoms with E-state index < -0.39 is 11.6 Å². The molecule has 0 spiro atoms. The Morgan fingerprint density at radius 1 is 1.36 bits per heavy atom. The minimum absolute atomic E-state index is 0.206. The van der Waals surface area contributed by atoms with Crippen LogP contribution in [0.4, 0.5) is 8.78 Å². The highest BCUT2D eigenvalue weighted by atomic mass is 19.1. The highest BCUT2D eigenvalue weighted by Gasteiger charge is 2.07. The first-order chi connectivity index (χ1) is 5.25. The Bertz CT molecular complexity index is 234. The predicted molar refractivity (Wildman–Crippen MR) is 33.1 cm³/mol. The summed E-state index contributed by atoms with van der Waals surface area (Å²) in [6.45, 7) is -0.291. The topological polar surface area (TPSA) is 48.1 Å². The molecule has 0 aliphatic rings. The van der Waals surface area contributed by atoms with Gasteiger partial charge in [-0.1, -0.05) is 0 Å². The van der Waals surface area contributed by atoms with E-state index >= 15 is 0 Å². The van der Waals surface area contributed by atoms with Gasteiger partial charge in [0.2, 0.25) is 0 Å². The normalized spacial score (nSPS) is 10.1. The maximum Gasteiger partial charge on any atom is 0.150 e. The van der Waals surface area contributed by atoms with Crippen LogP contribution in [0.15, 0.2) is 12.4 Å². The number of nitrogens with two attached hydrogens (primary N) is 1. The quantitative estimate of drug-likeness (QED) is 0.649. The molecule has 1 heterocycles. The summed E-state index contributed by atoms with van der Waals surface area (Å²) in [6, 6.07) is 0. The van der Waals surface area contributed by atoms with Gasteiger partial charge in [-0.15, -0.1) is 0 Å². The number of pyridine rings is 1. The van der Waals surface area contributed by atoms with E-state index in [0.29, 0.717) is 0 Å². The van der Waals surface area contributed by atoms with Crippen LogP contribution in [-0.2, 0) is 11.4 Å². The lowest BCUT2D eigenvalue weighted by atomic mass is 10.2. The van der Waals surface area contributed by atoms with Crippen LogP contribution in [0.2, 0.25) is 0 Å². The average molecular weight is 160 g/mol. The molecule has 3 nitrogen and oxygen atoms in total. The van der Waals surface area contributed by atoms with E-state index in [2.05, 4.69) is 15.7 Å². The number of halogens is 2. The second-order valence-electron chi connectivity index (χ2n) is 1.89. The van der Waals surface area contributed by atoms with Gasteiger partial charge >= 0.3 is 0 Å². The van der Waals surface area contributed by atoms with Crippen molar-refractivity contribution in [2.75, 3.05) is 0 Å². The van der Waals surface area contributed by atoms with Gasteiger partial charge in [-0.3, -0.25) is 9.82 Å². The standard InChI is InChI=1S/C6H6F2N2O/c7-5-1-10-2-6(8)4(5)3-11-9/h1-2H,3,9H2. The Morgan fingerprint density at radius 2 is 1.91 bits per heavy atom. The monoisotopic (exact) mass is 160 g/mol. The summed E-state index contributed by atoms with van der Waals surface area (Å²) in [5, 5.41) is 0. The molecule has 0 amide bonds. The molecule has 0 bridgehead atoms. The van der Waals surface area contributed by atoms with Crippen molar-refractivity contribution in [2.24, 2.45) is 5.90 Å². The highest BCUT2D eigenvalue weighted by molar-refractivity contribution is 5.13. The summed E-state index contributed by atoms with van der Waals surface area (Å²) < 4.78 is 25.2. The number of nitrogens with zero attached hydrogens (tertiary/aromatic N) is 1. The fourth-order valence-electron chi connectivity index (χ4n) is 0.659. The molecule has 2 N–H and O–H groups in total. The first-order valence-corrected chi connectivity index (χ1v) is 2.85. The molecule has 0 saturated carbocycles.